The lowest BCUT2D eigenvalue weighted by Crippen LogP contribution is -1.97. The third-order valence-electron chi connectivity index (χ3n) is 3.29. The van der Waals surface area contributed by atoms with Gasteiger partial charge in [-0.05, 0) is 38.1 Å². The van der Waals surface area contributed by atoms with Crippen molar-refractivity contribution in [2.45, 2.75) is 13.8 Å². The number of hydrogen-bond acceptors (Lipinski definition) is 3. The Balaban J connectivity index is 2.33. The van der Waals surface area contributed by atoms with E-state index < -0.39 is 0 Å². The van der Waals surface area contributed by atoms with E-state index in [-0.39, 0.29) is 0 Å². The second kappa shape index (κ2) is 5.00. The molecule has 0 saturated heterocycles. The number of rotatable bonds is 1. The maximum absolute atomic E-state index is 6.20. The van der Waals surface area contributed by atoms with Gasteiger partial charge in [0.1, 0.15) is 5.15 Å². The van der Waals surface area contributed by atoms with Crippen LogP contribution >= 0.6 is 23.2 Å². The second-order valence-corrected chi connectivity index (χ2v) is 5.31. The minimum absolute atomic E-state index is 0.464. The van der Waals surface area contributed by atoms with Crippen LogP contribution in [0.3, 0.4) is 0 Å². The van der Waals surface area contributed by atoms with E-state index in [0.717, 1.165) is 27.7 Å². The highest BCUT2D eigenvalue weighted by Crippen LogP contribution is 2.31. The molecule has 20 heavy (non-hydrogen) atoms. The molecule has 3 nitrogen and oxygen atoms in total. The predicted molar refractivity (Wildman–Crippen MR) is 82.3 cm³/mol. The van der Waals surface area contributed by atoms with Crippen LogP contribution in [0.25, 0.3) is 22.3 Å². The van der Waals surface area contributed by atoms with Gasteiger partial charge in [0.25, 0.3) is 0 Å². The molecule has 5 heteroatoms. The van der Waals surface area contributed by atoms with Crippen molar-refractivity contribution in [2.24, 2.45) is 0 Å². The van der Waals surface area contributed by atoms with E-state index in [1.165, 1.54) is 0 Å². The van der Waals surface area contributed by atoms with Gasteiger partial charge in [-0.1, -0.05) is 23.2 Å². The molecular weight excluding hydrogens is 293 g/mol. The van der Waals surface area contributed by atoms with Gasteiger partial charge in [-0.25, -0.2) is 9.97 Å². The van der Waals surface area contributed by atoms with E-state index >= 15 is 0 Å². The largest absolute Gasteiger partial charge is 0.255 e. The number of hydrogen-bond donors (Lipinski definition) is 0. The summed E-state index contributed by atoms with van der Waals surface area (Å²) >= 11 is 12.4. The van der Waals surface area contributed by atoms with Gasteiger partial charge in [0, 0.05) is 28.4 Å². The normalized spacial score (nSPS) is 11.0. The molecule has 3 rings (SSSR count). The van der Waals surface area contributed by atoms with Crippen LogP contribution in [0, 0.1) is 13.8 Å². The molecule has 100 valence electrons. The molecule has 0 amide bonds. The van der Waals surface area contributed by atoms with Gasteiger partial charge < -0.3 is 0 Å². The first-order valence-corrected chi connectivity index (χ1v) is 6.88. The van der Waals surface area contributed by atoms with E-state index in [2.05, 4.69) is 15.0 Å². The number of benzene rings is 1. The molecule has 0 N–H and O–H groups in total. The lowest BCUT2D eigenvalue weighted by Gasteiger charge is -2.09. The first-order chi connectivity index (χ1) is 9.58. The first-order valence-electron chi connectivity index (χ1n) is 6.12. The highest BCUT2D eigenvalue weighted by atomic mass is 35.5. The van der Waals surface area contributed by atoms with Gasteiger partial charge in [-0.15, -0.1) is 0 Å². The Labute approximate surface area is 126 Å². The summed E-state index contributed by atoms with van der Waals surface area (Å²) in [7, 11) is 0. The van der Waals surface area contributed by atoms with Crippen molar-refractivity contribution in [1.29, 1.82) is 0 Å². The summed E-state index contributed by atoms with van der Waals surface area (Å²) in [5.41, 5.74) is 3.36. The van der Waals surface area contributed by atoms with E-state index in [1.807, 2.05) is 38.1 Å². The standard InChI is InChI=1S/C15H11Cl2N3/c1-8-9(2)19-15(20-14(8)17)11-5-6-12(16)10-4-3-7-18-13(10)11/h3-7H,1-2H3. The quantitative estimate of drug-likeness (QED) is 0.616. The SMILES string of the molecule is Cc1nc(-c2ccc(Cl)c3cccnc23)nc(Cl)c1C. The van der Waals surface area contributed by atoms with Crippen molar-refractivity contribution in [3.05, 3.63) is 51.9 Å². The first kappa shape index (κ1) is 13.3. The van der Waals surface area contributed by atoms with E-state index in [1.54, 1.807) is 6.20 Å². The average molecular weight is 304 g/mol. The Morgan fingerprint density at radius 1 is 1.00 bits per heavy atom. The molecular formula is C15H11Cl2N3. The Bertz CT molecular complexity index is 792. The van der Waals surface area contributed by atoms with Gasteiger partial charge in [0.2, 0.25) is 0 Å². The zero-order valence-corrected chi connectivity index (χ0v) is 12.5. The summed E-state index contributed by atoms with van der Waals surface area (Å²) in [5.74, 6) is 0.568. The van der Waals surface area contributed by atoms with Crippen LogP contribution in [0.15, 0.2) is 30.5 Å². The van der Waals surface area contributed by atoms with Crippen molar-refractivity contribution >= 4 is 34.1 Å². The van der Waals surface area contributed by atoms with E-state index in [4.69, 9.17) is 23.2 Å². The number of pyridine rings is 1. The molecule has 0 aliphatic rings. The van der Waals surface area contributed by atoms with Crippen LogP contribution in [0.5, 0.6) is 0 Å². The van der Waals surface area contributed by atoms with Crippen molar-refractivity contribution < 1.29 is 0 Å². The Morgan fingerprint density at radius 2 is 1.80 bits per heavy atom. The van der Waals surface area contributed by atoms with Crippen LogP contribution in [0.4, 0.5) is 0 Å². The zero-order valence-electron chi connectivity index (χ0n) is 11.0. The van der Waals surface area contributed by atoms with Crippen LogP contribution in [-0.4, -0.2) is 15.0 Å². The molecule has 0 fully saturated rings. The molecule has 0 unspecified atom stereocenters. The van der Waals surface area contributed by atoms with Crippen molar-refractivity contribution in [3.8, 4) is 11.4 Å². The smallest absolute Gasteiger partial charge is 0.163 e. The van der Waals surface area contributed by atoms with Crippen molar-refractivity contribution in [3.63, 3.8) is 0 Å². The number of halogens is 2. The maximum Gasteiger partial charge on any atom is 0.163 e. The van der Waals surface area contributed by atoms with Crippen molar-refractivity contribution in [2.75, 3.05) is 0 Å². The fourth-order valence-corrected chi connectivity index (χ4v) is 2.46. The van der Waals surface area contributed by atoms with Gasteiger partial charge in [0.05, 0.1) is 10.5 Å². The summed E-state index contributed by atoms with van der Waals surface area (Å²) in [5, 5.41) is 2.00. The highest BCUT2D eigenvalue weighted by molar-refractivity contribution is 6.35. The molecule has 2 heterocycles. The molecule has 2 aromatic heterocycles. The molecule has 0 aliphatic carbocycles. The molecule has 0 aliphatic heterocycles. The molecule has 0 atom stereocenters. The number of aromatic nitrogens is 3. The summed E-state index contributed by atoms with van der Waals surface area (Å²) < 4.78 is 0. The van der Waals surface area contributed by atoms with E-state index in [9.17, 15) is 0 Å². The monoisotopic (exact) mass is 303 g/mol. The molecule has 1 aromatic carbocycles. The fourth-order valence-electron chi connectivity index (χ4n) is 2.03. The fraction of sp³-hybridized carbons (Fsp3) is 0.133. The average Bonchev–Trinajstić information content (AvgIpc) is 2.45. The summed E-state index contributed by atoms with van der Waals surface area (Å²) in [6.07, 6.45) is 1.73. The van der Waals surface area contributed by atoms with Crippen LogP contribution in [0.2, 0.25) is 10.2 Å². The van der Waals surface area contributed by atoms with Gasteiger partial charge in [-0.2, -0.15) is 0 Å². The minimum atomic E-state index is 0.464. The molecule has 0 saturated carbocycles. The Morgan fingerprint density at radius 3 is 2.55 bits per heavy atom. The number of aryl methyl sites for hydroxylation is 1. The van der Waals surface area contributed by atoms with Gasteiger partial charge in [-0.3, -0.25) is 4.98 Å². The van der Waals surface area contributed by atoms with Gasteiger partial charge >= 0.3 is 0 Å². The maximum atomic E-state index is 6.20. The summed E-state index contributed by atoms with van der Waals surface area (Å²) in [6.45, 7) is 3.82. The van der Waals surface area contributed by atoms with Crippen LogP contribution in [-0.2, 0) is 0 Å². The predicted octanol–water partition coefficient (Wildman–Crippen LogP) is 4.62. The summed E-state index contributed by atoms with van der Waals surface area (Å²) in [4.78, 5) is 13.3. The van der Waals surface area contributed by atoms with Gasteiger partial charge in [0.15, 0.2) is 5.82 Å². The Hall–Kier alpha value is -1.71. The van der Waals surface area contributed by atoms with Crippen LogP contribution < -0.4 is 0 Å². The Kier molecular flexibility index (Phi) is 3.32. The molecule has 0 bridgehead atoms. The third-order valence-corrected chi connectivity index (χ3v) is 3.98. The molecule has 0 radical (unpaired) electrons. The summed E-state index contributed by atoms with van der Waals surface area (Å²) in [6, 6.07) is 7.48. The number of fused-ring (bicyclic) bond motifs is 1. The van der Waals surface area contributed by atoms with E-state index in [0.29, 0.717) is 16.0 Å². The third kappa shape index (κ3) is 2.13. The minimum Gasteiger partial charge on any atom is -0.255 e. The molecule has 3 aromatic rings. The second-order valence-electron chi connectivity index (χ2n) is 4.54. The number of nitrogens with zero attached hydrogens (tertiary/aromatic N) is 3. The van der Waals surface area contributed by atoms with Crippen molar-refractivity contribution in [1.82, 2.24) is 15.0 Å². The highest BCUT2D eigenvalue weighted by Gasteiger charge is 2.13. The topological polar surface area (TPSA) is 38.7 Å². The lowest BCUT2D eigenvalue weighted by atomic mass is 10.1. The zero-order chi connectivity index (χ0) is 14.3. The lowest BCUT2D eigenvalue weighted by molar-refractivity contribution is 1.07. The molecule has 0 spiro atoms. The van der Waals surface area contributed by atoms with Crippen LogP contribution in [0.1, 0.15) is 11.3 Å².